The summed E-state index contributed by atoms with van der Waals surface area (Å²) in [4.78, 5) is 25.1. The molecular formula is C12H13BN4O3. The summed E-state index contributed by atoms with van der Waals surface area (Å²) < 4.78 is 1.75. The summed E-state index contributed by atoms with van der Waals surface area (Å²) >= 11 is 0. The lowest BCUT2D eigenvalue weighted by molar-refractivity contribution is -0.0560. The van der Waals surface area contributed by atoms with Crippen LogP contribution in [0.1, 0.15) is 23.0 Å². The number of nitrogens with one attached hydrogen (secondary N) is 2. The van der Waals surface area contributed by atoms with Gasteiger partial charge in [-0.05, 0) is 11.7 Å². The molecule has 1 saturated heterocycles. The zero-order valence-corrected chi connectivity index (χ0v) is 10.8. The zero-order chi connectivity index (χ0) is 14.2. The fourth-order valence-corrected chi connectivity index (χ4v) is 3.70. The van der Waals surface area contributed by atoms with Crippen LogP contribution in [0.2, 0.25) is 0 Å². The second-order valence-corrected chi connectivity index (χ2v) is 5.65. The lowest BCUT2D eigenvalue weighted by Gasteiger charge is -2.32. The molecule has 20 heavy (non-hydrogen) atoms. The Morgan fingerprint density at radius 3 is 2.90 bits per heavy atom. The van der Waals surface area contributed by atoms with Crippen LogP contribution < -0.4 is 16.2 Å². The first-order valence-corrected chi connectivity index (χ1v) is 6.48. The molecule has 4 unspecified atom stereocenters. The monoisotopic (exact) mass is 272 g/mol. The number of nitrogens with zero attached hydrogens (tertiary/aromatic N) is 2. The first kappa shape index (κ1) is 11.8. The maximum Gasteiger partial charge on any atom is 0.319 e. The molecule has 3 aliphatic rings. The normalized spacial score (nSPS) is 38.1. The number of hydrogen-bond donors (Lipinski definition) is 3. The van der Waals surface area contributed by atoms with Gasteiger partial charge in [0, 0.05) is 13.5 Å². The van der Waals surface area contributed by atoms with Crippen LogP contribution >= 0.6 is 0 Å². The van der Waals surface area contributed by atoms with Crippen LogP contribution in [0, 0.1) is 0 Å². The van der Waals surface area contributed by atoms with E-state index in [2.05, 4.69) is 10.6 Å². The van der Waals surface area contributed by atoms with Crippen LogP contribution in [-0.2, 0) is 0 Å². The van der Waals surface area contributed by atoms with Crippen LogP contribution in [0.4, 0.5) is 4.79 Å². The van der Waals surface area contributed by atoms with E-state index in [0.29, 0.717) is 17.7 Å². The first-order chi connectivity index (χ1) is 9.43. The Labute approximate surface area is 116 Å². The van der Waals surface area contributed by atoms with Crippen LogP contribution in [0.25, 0.3) is 0 Å². The largest absolute Gasteiger partial charge is 0.368 e. The molecule has 1 aliphatic carbocycles. The van der Waals surface area contributed by atoms with E-state index in [-0.39, 0.29) is 24.0 Å². The molecule has 3 heterocycles. The summed E-state index contributed by atoms with van der Waals surface area (Å²) in [6.45, 7) is 0. The maximum absolute atomic E-state index is 12.1. The van der Waals surface area contributed by atoms with Crippen molar-refractivity contribution in [3.05, 3.63) is 17.8 Å². The molecule has 8 heteroatoms. The molecule has 2 aliphatic heterocycles. The first-order valence-electron chi connectivity index (χ1n) is 6.48. The second-order valence-electron chi connectivity index (χ2n) is 5.65. The molecule has 1 saturated carbocycles. The van der Waals surface area contributed by atoms with Crippen molar-refractivity contribution in [3.8, 4) is 0 Å². The molecule has 102 valence electrons. The molecule has 0 spiro atoms. The van der Waals surface area contributed by atoms with E-state index in [9.17, 15) is 14.7 Å². The number of aromatic nitrogens is 1. The van der Waals surface area contributed by atoms with Crippen molar-refractivity contribution in [2.24, 2.45) is 0 Å². The van der Waals surface area contributed by atoms with Gasteiger partial charge in [0.25, 0.3) is 5.91 Å². The van der Waals surface area contributed by atoms with E-state index in [1.165, 1.54) is 4.90 Å². The number of urea groups is 1. The molecule has 7 nitrogen and oxygen atoms in total. The van der Waals surface area contributed by atoms with Crippen molar-refractivity contribution in [3.63, 3.8) is 0 Å². The van der Waals surface area contributed by atoms with Gasteiger partial charge >= 0.3 is 6.03 Å². The Morgan fingerprint density at radius 1 is 1.40 bits per heavy atom. The number of rotatable bonds is 0. The van der Waals surface area contributed by atoms with Gasteiger partial charge in [0.2, 0.25) is 0 Å². The Bertz CT molecular complexity index is 645. The summed E-state index contributed by atoms with van der Waals surface area (Å²) in [6, 6.07) is 1.93. The average Bonchev–Trinajstić information content (AvgIpc) is 2.97. The Morgan fingerprint density at radius 2 is 2.15 bits per heavy atom. The van der Waals surface area contributed by atoms with Crippen molar-refractivity contribution in [1.29, 1.82) is 0 Å². The third-order valence-electron chi connectivity index (χ3n) is 4.76. The number of aliphatic hydroxyl groups is 1. The molecule has 2 fully saturated rings. The van der Waals surface area contributed by atoms with Crippen molar-refractivity contribution in [2.75, 3.05) is 7.05 Å². The Kier molecular flexibility index (Phi) is 2.00. The van der Waals surface area contributed by atoms with E-state index in [0.717, 1.165) is 0 Å². The second kappa shape index (κ2) is 3.38. The zero-order valence-electron chi connectivity index (χ0n) is 10.8. The van der Waals surface area contributed by atoms with E-state index in [4.69, 9.17) is 7.85 Å². The van der Waals surface area contributed by atoms with Crippen LogP contribution in [0.3, 0.4) is 0 Å². The smallest absolute Gasteiger partial charge is 0.319 e. The minimum atomic E-state index is -1.31. The highest BCUT2D eigenvalue weighted by Crippen LogP contribution is 2.44. The number of hydrogen-bond acceptors (Lipinski definition) is 3. The SMILES string of the molecule is [B]c1ccc2n1C1CC3(O)C(NC(=O)N3C)C1NC2=O. The van der Waals surface area contributed by atoms with Crippen molar-refractivity contribution >= 4 is 25.4 Å². The molecule has 4 atom stereocenters. The summed E-state index contributed by atoms with van der Waals surface area (Å²) in [5.74, 6) is -0.240. The average molecular weight is 272 g/mol. The summed E-state index contributed by atoms with van der Waals surface area (Å²) in [5, 5.41) is 16.4. The maximum atomic E-state index is 12.1. The number of carbonyl (C=O) groups is 2. The van der Waals surface area contributed by atoms with Gasteiger partial charge in [-0.1, -0.05) is 6.07 Å². The van der Waals surface area contributed by atoms with Gasteiger partial charge in [0.1, 0.15) is 19.6 Å². The standard InChI is InChI=1S/C12H13BN4O3/c1-16-11(19)15-9-8-6(4-12(9,16)20)17-5(10(18)14-8)2-3-7(17)13/h2-3,6,8-9,20H,4H2,1H3,(H,14,18)(H,15,19). The molecule has 1 aromatic heterocycles. The van der Waals surface area contributed by atoms with Crippen molar-refractivity contribution < 1.29 is 14.7 Å². The fourth-order valence-electron chi connectivity index (χ4n) is 3.70. The highest BCUT2D eigenvalue weighted by atomic mass is 16.3. The van der Waals surface area contributed by atoms with Gasteiger partial charge < -0.3 is 20.3 Å². The van der Waals surface area contributed by atoms with Gasteiger partial charge in [-0.3, -0.25) is 9.69 Å². The van der Waals surface area contributed by atoms with E-state index in [1.54, 1.807) is 23.7 Å². The number of fused-ring (bicyclic) bond motifs is 5. The molecule has 4 rings (SSSR count). The summed E-state index contributed by atoms with van der Waals surface area (Å²) in [6.07, 6.45) is 0.323. The molecule has 0 bridgehead atoms. The van der Waals surface area contributed by atoms with E-state index >= 15 is 0 Å². The van der Waals surface area contributed by atoms with Gasteiger partial charge in [0.05, 0.1) is 12.1 Å². The summed E-state index contributed by atoms with van der Waals surface area (Å²) in [7, 11) is 7.49. The molecule has 2 radical (unpaired) electrons. The van der Waals surface area contributed by atoms with E-state index in [1.807, 2.05) is 0 Å². The van der Waals surface area contributed by atoms with Gasteiger partial charge in [-0.25, -0.2) is 4.79 Å². The molecule has 3 amide bonds. The number of carbonyl (C=O) groups excluding carboxylic acids is 2. The Balaban J connectivity index is 1.83. The van der Waals surface area contributed by atoms with Crippen molar-refractivity contribution in [2.45, 2.75) is 30.3 Å². The van der Waals surface area contributed by atoms with Gasteiger partial charge in [-0.2, -0.15) is 0 Å². The molecule has 1 aromatic rings. The predicted molar refractivity (Wildman–Crippen MR) is 69.8 cm³/mol. The fraction of sp³-hybridized carbons (Fsp3) is 0.500. The minimum absolute atomic E-state index is 0.171. The molecule has 3 N–H and O–H groups in total. The summed E-state index contributed by atoms with van der Waals surface area (Å²) in [5.41, 5.74) is -0.332. The topological polar surface area (TPSA) is 86.6 Å². The Hall–Kier alpha value is -1.96. The van der Waals surface area contributed by atoms with Crippen LogP contribution in [0.5, 0.6) is 0 Å². The quantitative estimate of drug-likeness (QED) is 0.480. The molecule has 0 aromatic carbocycles. The van der Waals surface area contributed by atoms with E-state index < -0.39 is 11.8 Å². The molecular weight excluding hydrogens is 259 g/mol. The number of likely N-dealkylation sites (N-methyl/N-ethyl adjacent to an activating group) is 1. The lowest BCUT2D eigenvalue weighted by atomic mass is 10.0. The predicted octanol–water partition coefficient (Wildman–Crippen LogP) is -1.95. The minimum Gasteiger partial charge on any atom is -0.368 e. The third-order valence-corrected chi connectivity index (χ3v) is 4.76. The highest BCUT2D eigenvalue weighted by molar-refractivity contribution is 6.31. The lowest BCUT2D eigenvalue weighted by Crippen LogP contribution is -2.57. The van der Waals surface area contributed by atoms with Gasteiger partial charge in [-0.15, -0.1) is 0 Å². The van der Waals surface area contributed by atoms with Crippen LogP contribution in [-0.4, -0.2) is 59.2 Å². The van der Waals surface area contributed by atoms with Crippen molar-refractivity contribution in [1.82, 2.24) is 20.1 Å². The van der Waals surface area contributed by atoms with Crippen LogP contribution in [0.15, 0.2) is 12.1 Å². The third kappa shape index (κ3) is 1.16. The van der Waals surface area contributed by atoms with Gasteiger partial charge in [0.15, 0.2) is 5.72 Å². The highest BCUT2D eigenvalue weighted by Gasteiger charge is 2.63. The number of amides is 3.